The van der Waals surface area contributed by atoms with Crippen LogP contribution in [0.1, 0.15) is 65.5 Å². The van der Waals surface area contributed by atoms with Gasteiger partial charge in [-0.1, -0.05) is 30.3 Å². The maximum absolute atomic E-state index is 13.3. The first-order valence-electron chi connectivity index (χ1n) is 11.4. The van der Waals surface area contributed by atoms with Gasteiger partial charge in [-0.25, -0.2) is 0 Å². The van der Waals surface area contributed by atoms with Crippen molar-refractivity contribution in [2.75, 3.05) is 19.6 Å². The van der Waals surface area contributed by atoms with Gasteiger partial charge in [-0.3, -0.25) is 14.8 Å². The molecule has 1 aromatic carbocycles. The first-order valence-corrected chi connectivity index (χ1v) is 11.4. The average Bonchev–Trinajstić information content (AvgIpc) is 3.37. The number of likely N-dealkylation sites (tertiary alicyclic amines) is 1. The van der Waals surface area contributed by atoms with E-state index in [9.17, 15) is 4.79 Å². The number of fused-ring (bicyclic) bond motifs is 5. The second-order valence-corrected chi connectivity index (χ2v) is 9.58. The van der Waals surface area contributed by atoms with E-state index in [1.165, 1.54) is 42.5 Å². The van der Waals surface area contributed by atoms with Gasteiger partial charge in [0.25, 0.3) is 5.91 Å². The summed E-state index contributed by atoms with van der Waals surface area (Å²) in [4.78, 5) is 18.3. The van der Waals surface area contributed by atoms with E-state index in [0.29, 0.717) is 29.6 Å². The van der Waals surface area contributed by atoms with Crippen LogP contribution in [0.4, 0.5) is 0 Å². The van der Waals surface area contributed by atoms with Crippen molar-refractivity contribution in [3.63, 3.8) is 0 Å². The number of benzene rings is 1. The predicted octanol–water partition coefficient (Wildman–Crippen LogP) is 3.59. The van der Waals surface area contributed by atoms with Crippen molar-refractivity contribution in [1.29, 1.82) is 0 Å². The second-order valence-electron chi connectivity index (χ2n) is 9.58. The third-order valence-corrected chi connectivity index (χ3v) is 7.87. The number of rotatable bonds is 2. The molecule has 6 rings (SSSR count). The molecule has 5 nitrogen and oxygen atoms in total. The molecule has 4 heterocycles. The monoisotopic (exact) mass is 390 g/mol. The Bertz CT molecular complexity index is 907. The van der Waals surface area contributed by atoms with Gasteiger partial charge >= 0.3 is 0 Å². The zero-order chi connectivity index (χ0) is 19.4. The van der Waals surface area contributed by atoms with Gasteiger partial charge < -0.3 is 4.90 Å². The standard InChI is InChI=1S/C24H30N4O/c29-24(23-19-8-4-9-20(19)25-26-23)27-13-16-12-18(15-27)22-11-5-10-21(28(22)14-16)17-6-2-1-3-7-17/h1-3,6-7,16,18,21-22H,4-5,8-15H2,(H,25,26)/t16-,18+,21+,22-/m0/s1. The van der Waals surface area contributed by atoms with Gasteiger partial charge in [0, 0.05) is 43.0 Å². The van der Waals surface area contributed by atoms with Gasteiger partial charge in [-0.05, 0) is 62.3 Å². The zero-order valence-corrected chi connectivity index (χ0v) is 17.0. The lowest BCUT2D eigenvalue weighted by atomic mass is 9.74. The second kappa shape index (κ2) is 6.98. The molecule has 1 aromatic heterocycles. The number of carbonyl (C=O) groups is 1. The van der Waals surface area contributed by atoms with Crippen molar-refractivity contribution in [3.8, 4) is 0 Å². The molecule has 2 bridgehead atoms. The van der Waals surface area contributed by atoms with Crippen molar-refractivity contribution in [2.24, 2.45) is 11.8 Å². The Kier molecular flexibility index (Phi) is 4.26. The van der Waals surface area contributed by atoms with E-state index in [2.05, 4.69) is 50.3 Å². The molecule has 0 spiro atoms. The van der Waals surface area contributed by atoms with Crippen molar-refractivity contribution in [1.82, 2.24) is 20.0 Å². The molecular weight excluding hydrogens is 360 g/mol. The largest absolute Gasteiger partial charge is 0.337 e. The summed E-state index contributed by atoms with van der Waals surface area (Å²) in [6, 6.07) is 12.2. The van der Waals surface area contributed by atoms with Crippen molar-refractivity contribution < 1.29 is 4.79 Å². The van der Waals surface area contributed by atoms with Crippen molar-refractivity contribution in [3.05, 3.63) is 52.8 Å². The molecule has 3 aliphatic heterocycles. The van der Waals surface area contributed by atoms with Crippen molar-refractivity contribution in [2.45, 2.75) is 57.0 Å². The molecule has 0 saturated carbocycles. The molecule has 4 aliphatic rings. The lowest BCUT2D eigenvalue weighted by Gasteiger charge is -2.55. The van der Waals surface area contributed by atoms with Crippen molar-refractivity contribution >= 4 is 5.91 Å². The average molecular weight is 391 g/mol. The Hall–Kier alpha value is -2.14. The fourth-order valence-electron chi connectivity index (χ4n) is 6.65. The van der Waals surface area contributed by atoms with Gasteiger partial charge in [0.1, 0.15) is 0 Å². The van der Waals surface area contributed by atoms with Gasteiger partial charge in [0.15, 0.2) is 5.69 Å². The minimum atomic E-state index is 0.169. The molecular formula is C24H30N4O. The topological polar surface area (TPSA) is 52.2 Å². The highest BCUT2D eigenvalue weighted by molar-refractivity contribution is 5.94. The van der Waals surface area contributed by atoms with E-state index in [4.69, 9.17) is 0 Å². The smallest absolute Gasteiger partial charge is 0.274 e. The molecule has 0 unspecified atom stereocenters. The third-order valence-electron chi connectivity index (χ3n) is 7.87. The summed E-state index contributed by atoms with van der Waals surface area (Å²) in [5, 5.41) is 7.53. The molecule has 1 amide bonds. The number of nitrogens with one attached hydrogen (secondary N) is 1. The van der Waals surface area contributed by atoms with Gasteiger partial charge in [0.2, 0.25) is 0 Å². The fourth-order valence-corrected chi connectivity index (χ4v) is 6.65. The van der Waals surface area contributed by atoms with Gasteiger partial charge in [-0.2, -0.15) is 5.10 Å². The summed E-state index contributed by atoms with van der Waals surface area (Å²) in [5.74, 6) is 1.36. The summed E-state index contributed by atoms with van der Waals surface area (Å²) in [6.45, 7) is 2.92. The van der Waals surface area contributed by atoms with Gasteiger partial charge in [-0.15, -0.1) is 0 Å². The maximum atomic E-state index is 13.3. The van der Waals surface area contributed by atoms with Crippen LogP contribution in [-0.4, -0.2) is 51.6 Å². The van der Waals surface area contributed by atoms with Crippen LogP contribution in [-0.2, 0) is 12.8 Å². The number of aromatic nitrogens is 2. The summed E-state index contributed by atoms with van der Waals surface area (Å²) in [5.41, 5.74) is 4.56. The van der Waals surface area contributed by atoms with Crippen LogP contribution < -0.4 is 0 Å². The van der Waals surface area contributed by atoms with Crippen LogP contribution in [0, 0.1) is 11.8 Å². The van der Waals surface area contributed by atoms with E-state index in [0.717, 1.165) is 38.9 Å². The number of piperidine rings is 3. The Morgan fingerprint density at radius 2 is 1.93 bits per heavy atom. The predicted molar refractivity (Wildman–Crippen MR) is 112 cm³/mol. The number of nitrogens with zero attached hydrogens (tertiary/aromatic N) is 3. The molecule has 4 atom stereocenters. The zero-order valence-electron chi connectivity index (χ0n) is 17.0. The fraction of sp³-hybridized carbons (Fsp3) is 0.583. The normalized spacial score (nSPS) is 31.4. The number of aromatic amines is 1. The van der Waals surface area contributed by atoms with Crippen LogP contribution in [0.3, 0.4) is 0 Å². The summed E-state index contributed by atoms with van der Waals surface area (Å²) < 4.78 is 0. The summed E-state index contributed by atoms with van der Waals surface area (Å²) in [6.07, 6.45) is 8.31. The summed E-state index contributed by atoms with van der Waals surface area (Å²) >= 11 is 0. The molecule has 3 saturated heterocycles. The van der Waals surface area contributed by atoms with Crippen LogP contribution in [0.5, 0.6) is 0 Å². The number of aryl methyl sites for hydroxylation is 1. The number of carbonyl (C=O) groups excluding carboxylic acids is 1. The maximum Gasteiger partial charge on any atom is 0.274 e. The van der Waals surface area contributed by atoms with E-state index in [-0.39, 0.29) is 5.91 Å². The number of hydrogen-bond donors (Lipinski definition) is 1. The Balaban J connectivity index is 1.23. The van der Waals surface area contributed by atoms with Crippen LogP contribution in [0.15, 0.2) is 30.3 Å². The molecule has 29 heavy (non-hydrogen) atoms. The molecule has 1 aliphatic carbocycles. The van der Waals surface area contributed by atoms with E-state index in [1.807, 2.05) is 0 Å². The number of H-pyrrole nitrogens is 1. The SMILES string of the molecule is O=C(c1n[nH]c2c1CCC2)N1C[C@@H]2C[C@H](C1)[C@@H]1CCC[C@H](c3ccccc3)N1C2. The Morgan fingerprint density at radius 3 is 2.83 bits per heavy atom. The quantitative estimate of drug-likeness (QED) is 0.853. The molecule has 0 radical (unpaired) electrons. The molecule has 3 fully saturated rings. The van der Waals surface area contributed by atoms with Crippen LogP contribution >= 0.6 is 0 Å². The minimum Gasteiger partial charge on any atom is -0.337 e. The highest BCUT2D eigenvalue weighted by Crippen LogP contribution is 2.44. The van der Waals surface area contributed by atoms with E-state index in [1.54, 1.807) is 0 Å². The molecule has 2 aromatic rings. The first kappa shape index (κ1) is 17.7. The molecule has 5 heteroatoms. The lowest BCUT2D eigenvalue weighted by Crippen LogP contribution is -2.60. The lowest BCUT2D eigenvalue weighted by molar-refractivity contribution is -0.0512. The van der Waals surface area contributed by atoms with Crippen LogP contribution in [0.25, 0.3) is 0 Å². The third kappa shape index (κ3) is 2.93. The van der Waals surface area contributed by atoms with Gasteiger partial charge in [0.05, 0.1) is 0 Å². The number of hydrogen-bond acceptors (Lipinski definition) is 3. The molecule has 152 valence electrons. The summed E-state index contributed by atoms with van der Waals surface area (Å²) in [7, 11) is 0. The molecule has 1 N–H and O–H groups in total. The number of amides is 1. The highest BCUT2D eigenvalue weighted by Gasteiger charge is 2.46. The van der Waals surface area contributed by atoms with E-state index >= 15 is 0 Å². The Labute approximate surface area is 172 Å². The van der Waals surface area contributed by atoms with Crippen LogP contribution in [0.2, 0.25) is 0 Å². The minimum absolute atomic E-state index is 0.169. The first-order chi connectivity index (χ1) is 14.3. The highest BCUT2D eigenvalue weighted by atomic mass is 16.2. The Morgan fingerprint density at radius 1 is 1.03 bits per heavy atom. The van der Waals surface area contributed by atoms with E-state index < -0.39 is 0 Å².